The van der Waals surface area contributed by atoms with E-state index in [-0.39, 0.29) is 24.3 Å². The van der Waals surface area contributed by atoms with Gasteiger partial charge >= 0.3 is 0 Å². The van der Waals surface area contributed by atoms with Crippen LogP contribution in [0.2, 0.25) is 0 Å². The van der Waals surface area contributed by atoms with E-state index in [1.165, 1.54) is 0 Å². The molecule has 9 heteroatoms. The number of hydrogen-bond donors (Lipinski definition) is 2. The first-order valence-electron chi connectivity index (χ1n) is 11.1. The second-order valence-electron chi connectivity index (χ2n) is 8.05. The van der Waals surface area contributed by atoms with Gasteiger partial charge in [0.15, 0.2) is 0 Å². The summed E-state index contributed by atoms with van der Waals surface area (Å²) in [6, 6.07) is 13.7. The van der Waals surface area contributed by atoms with E-state index in [1.54, 1.807) is 48.7 Å². The summed E-state index contributed by atoms with van der Waals surface area (Å²) in [5.41, 5.74) is 2.02. The Morgan fingerprint density at radius 1 is 1.12 bits per heavy atom. The summed E-state index contributed by atoms with van der Waals surface area (Å²) in [6.07, 6.45) is 4.86. The minimum Gasteiger partial charge on any atom is -0.497 e. The van der Waals surface area contributed by atoms with Crippen molar-refractivity contribution in [3.8, 4) is 5.75 Å². The second-order valence-corrected chi connectivity index (χ2v) is 8.05. The van der Waals surface area contributed by atoms with Crippen LogP contribution in [0.5, 0.6) is 5.75 Å². The van der Waals surface area contributed by atoms with Gasteiger partial charge < -0.3 is 24.8 Å². The van der Waals surface area contributed by atoms with Crippen LogP contribution >= 0.6 is 0 Å². The second kappa shape index (κ2) is 10.2. The molecule has 0 aliphatic carbocycles. The highest BCUT2D eigenvalue weighted by atomic mass is 16.5. The van der Waals surface area contributed by atoms with Crippen LogP contribution in [0.25, 0.3) is 0 Å². The molecule has 1 aromatic heterocycles. The van der Waals surface area contributed by atoms with Gasteiger partial charge in [0, 0.05) is 43.7 Å². The van der Waals surface area contributed by atoms with Crippen LogP contribution in [0.4, 0.5) is 5.69 Å². The zero-order valence-electron chi connectivity index (χ0n) is 19.2. The van der Waals surface area contributed by atoms with E-state index >= 15 is 0 Å². The molecular weight excluding hydrogens is 434 g/mol. The first-order valence-corrected chi connectivity index (χ1v) is 11.1. The molecule has 0 saturated carbocycles. The van der Waals surface area contributed by atoms with Crippen molar-refractivity contribution in [2.75, 3.05) is 25.1 Å². The van der Waals surface area contributed by atoms with Gasteiger partial charge in [-0.05, 0) is 48.4 Å². The SMILES string of the molecule is COc1ccc(C(NC(=O)CNC(=O)c2ccc(N3CCCC3=O)cc2)c2nccn2C)cc1. The maximum absolute atomic E-state index is 12.7. The Kier molecular flexibility index (Phi) is 6.91. The minimum atomic E-state index is -0.493. The van der Waals surface area contributed by atoms with Gasteiger partial charge in [0.25, 0.3) is 5.91 Å². The minimum absolute atomic E-state index is 0.0907. The fourth-order valence-corrected chi connectivity index (χ4v) is 3.94. The van der Waals surface area contributed by atoms with Gasteiger partial charge in [-0.2, -0.15) is 0 Å². The van der Waals surface area contributed by atoms with E-state index < -0.39 is 6.04 Å². The zero-order chi connectivity index (χ0) is 24.1. The molecule has 176 valence electrons. The lowest BCUT2D eigenvalue weighted by atomic mass is 10.1. The molecular formula is C25H27N5O4. The molecule has 3 aromatic rings. The zero-order valence-corrected chi connectivity index (χ0v) is 19.2. The lowest BCUT2D eigenvalue weighted by Crippen LogP contribution is -2.39. The van der Waals surface area contributed by atoms with E-state index in [0.717, 1.165) is 17.7 Å². The van der Waals surface area contributed by atoms with E-state index in [4.69, 9.17) is 4.74 Å². The van der Waals surface area contributed by atoms with E-state index in [9.17, 15) is 14.4 Å². The molecule has 9 nitrogen and oxygen atoms in total. The highest BCUT2D eigenvalue weighted by Crippen LogP contribution is 2.23. The molecule has 1 fully saturated rings. The number of ether oxygens (including phenoxy) is 1. The summed E-state index contributed by atoms with van der Waals surface area (Å²) in [5, 5.41) is 5.60. The number of amides is 3. The van der Waals surface area contributed by atoms with Gasteiger partial charge in [0.2, 0.25) is 11.8 Å². The van der Waals surface area contributed by atoms with E-state index in [2.05, 4.69) is 15.6 Å². The number of nitrogens with one attached hydrogen (secondary N) is 2. The van der Waals surface area contributed by atoms with Crippen molar-refractivity contribution in [3.63, 3.8) is 0 Å². The van der Waals surface area contributed by atoms with Crippen molar-refractivity contribution >= 4 is 23.4 Å². The predicted octanol–water partition coefficient (Wildman–Crippen LogP) is 2.19. The third-order valence-corrected chi connectivity index (χ3v) is 5.80. The number of benzene rings is 2. The van der Waals surface area contributed by atoms with Crippen LogP contribution in [0, 0.1) is 0 Å². The third kappa shape index (κ3) is 5.09. The molecule has 1 saturated heterocycles. The lowest BCUT2D eigenvalue weighted by Gasteiger charge is -2.20. The van der Waals surface area contributed by atoms with Gasteiger partial charge in [0.1, 0.15) is 17.6 Å². The fourth-order valence-electron chi connectivity index (χ4n) is 3.94. The lowest BCUT2D eigenvalue weighted by molar-refractivity contribution is -0.120. The van der Waals surface area contributed by atoms with E-state index in [0.29, 0.717) is 30.1 Å². The Morgan fingerprint density at radius 2 is 1.85 bits per heavy atom. The molecule has 4 rings (SSSR count). The molecule has 1 atom stereocenters. The molecule has 2 heterocycles. The van der Waals surface area contributed by atoms with Crippen LogP contribution in [-0.2, 0) is 16.6 Å². The number of imidazole rings is 1. The van der Waals surface area contributed by atoms with Crippen LogP contribution < -0.4 is 20.3 Å². The average Bonchev–Trinajstić information content (AvgIpc) is 3.49. The predicted molar refractivity (Wildman–Crippen MR) is 127 cm³/mol. The van der Waals surface area contributed by atoms with Crippen molar-refractivity contribution in [2.45, 2.75) is 18.9 Å². The number of aromatic nitrogens is 2. The smallest absolute Gasteiger partial charge is 0.251 e. The largest absolute Gasteiger partial charge is 0.497 e. The molecule has 1 aliphatic rings. The molecule has 0 bridgehead atoms. The van der Waals surface area contributed by atoms with E-state index in [1.807, 2.05) is 35.9 Å². The maximum Gasteiger partial charge on any atom is 0.251 e. The molecule has 3 amide bonds. The third-order valence-electron chi connectivity index (χ3n) is 5.80. The van der Waals surface area contributed by atoms with Crippen molar-refractivity contribution in [3.05, 3.63) is 77.9 Å². The normalized spacial score (nSPS) is 14.1. The van der Waals surface area contributed by atoms with Crippen LogP contribution in [0.15, 0.2) is 60.9 Å². The number of aryl methyl sites for hydroxylation is 1. The molecule has 1 unspecified atom stereocenters. The fraction of sp³-hybridized carbons (Fsp3) is 0.280. The van der Waals surface area contributed by atoms with Gasteiger partial charge in [-0.1, -0.05) is 12.1 Å². The topological polar surface area (TPSA) is 106 Å². The number of nitrogens with zero attached hydrogens (tertiary/aromatic N) is 3. The number of hydrogen-bond acceptors (Lipinski definition) is 5. The first-order chi connectivity index (χ1) is 16.5. The summed E-state index contributed by atoms with van der Waals surface area (Å²) in [4.78, 5) is 43.3. The number of rotatable bonds is 8. The number of carbonyl (C=O) groups excluding carboxylic acids is 3. The summed E-state index contributed by atoms with van der Waals surface area (Å²) in [7, 11) is 3.45. The molecule has 0 spiro atoms. The van der Waals surface area contributed by atoms with Crippen molar-refractivity contribution < 1.29 is 19.1 Å². The number of anilines is 1. The van der Waals surface area contributed by atoms with Gasteiger partial charge in [0.05, 0.1) is 13.7 Å². The Morgan fingerprint density at radius 3 is 2.44 bits per heavy atom. The standard InChI is InChI=1S/C25H27N5O4/c1-29-15-13-26-24(29)23(17-7-11-20(34-2)12-8-17)28-21(31)16-27-25(33)18-5-9-19(10-6-18)30-14-3-4-22(30)32/h5-13,15,23H,3-4,14,16H2,1-2H3,(H,27,33)(H,28,31). The maximum atomic E-state index is 12.7. The highest BCUT2D eigenvalue weighted by Gasteiger charge is 2.23. The number of carbonyl (C=O) groups is 3. The summed E-state index contributed by atoms with van der Waals surface area (Å²) in [6.45, 7) is 0.498. The molecule has 1 aliphatic heterocycles. The Hall–Kier alpha value is -4.14. The Bertz CT molecular complexity index is 1170. The first kappa shape index (κ1) is 23.0. The van der Waals surface area contributed by atoms with Gasteiger partial charge in [-0.25, -0.2) is 4.98 Å². The Balaban J connectivity index is 1.39. The van der Waals surface area contributed by atoms with Gasteiger partial charge in [-0.15, -0.1) is 0 Å². The summed E-state index contributed by atoms with van der Waals surface area (Å²) >= 11 is 0. The van der Waals surface area contributed by atoms with Crippen molar-refractivity contribution in [1.29, 1.82) is 0 Å². The van der Waals surface area contributed by atoms with Gasteiger partial charge in [-0.3, -0.25) is 14.4 Å². The Labute approximate surface area is 197 Å². The molecule has 34 heavy (non-hydrogen) atoms. The quantitative estimate of drug-likeness (QED) is 0.535. The van der Waals surface area contributed by atoms with Crippen molar-refractivity contribution in [1.82, 2.24) is 20.2 Å². The van der Waals surface area contributed by atoms with Crippen molar-refractivity contribution in [2.24, 2.45) is 7.05 Å². The molecule has 2 aromatic carbocycles. The summed E-state index contributed by atoms with van der Waals surface area (Å²) in [5.74, 6) is 0.745. The van der Waals surface area contributed by atoms with Crippen LogP contribution in [0.3, 0.4) is 0 Å². The average molecular weight is 462 g/mol. The highest BCUT2D eigenvalue weighted by molar-refractivity contribution is 5.98. The van der Waals surface area contributed by atoms with Crippen LogP contribution in [0.1, 0.15) is 40.6 Å². The molecule has 0 radical (unpaired) electrons. The van der Waals surface area contributed by atoms with Crippen LogP contribution in [-0.4, -0.2) is 47.5 Å². The summed E-state index contributed by atoms with van der Waals surface area (Å²) < 4.78 is 7.05. The molecule has 2 N–H and O–H groups in total. The number of methoxy groups -OCH3 is 1. The monoisotopic (exact) mass is 461 g/mol.